The molecule has 0 heterocycles. The van der Waals surface area contributed by atoms with Gasteiger partial charge in [0.25, 0.3) is 0 Å². The van der Waals surface area contributed by atoms with Crippen LogP contribution in [0.25, 0.3) is 0 Å². The first kappa shape index (κ1) is 20.2. The molecule has 0 rings (SSSR count). The molecule has 0 aliphatic carbocycles. The summed E-state index contributed by atoms with van der Waals surface area (Å²) in [5, 5.41) is 33.8. The number of rotatable bonds is 5. The third-order valence-electron chi connectivity index (χ3n) is 1.29. The molecule has 0 aromatic carbocycles. The quantitative estimate of drug-likeness (QED) is 0.464. The first-order valence-electron chi connectivity index (χ1n) is 3.17. The van der Waals surface area contributed by atoms with E-state index >= 15 is 0 Å². The van der Waals surface area contributed by atoms with Crippen molar-refractivity contribution in [2.75, 3.05) is 0 Å². The summed E-state index contributed by atoms with van der Waals surface area (Å²) in [6.45, 7) is 0. The van der Waals surface area contributed by atoms with E-state index in [0.29, 0.717) is 0 Å². The van der Waals surface area contributed by atoms with Crippen molar-refractivity contribution in [3.05, 3.63) is 0 Å². The molecule has 9 heteroatoms. The Bertz CT molecular complexity index is 236. The molecule has 82 valence electrons. The largest absolute Gasteiger partial charge is 0.481 e. The predicted octanol–water partition coefficient (Wildman–Crippen LogP) is -1.25. The molecule has 0 spiro atoms. The van der Waals surface area contributed by atoms with Crippen LogP contribution >= 0.6 is 0 Å². The molecular formula is C6H8O7Ti2. The second-order valence-electron chi connectivity index (χ2n) is 2.48. The summed E-state index contributed by atoms with van der Waals surface area (Å²) in [6, 6.07) is 0. The van der Waals surface area contributed by atoms with E-state index in [-0.39, 0.29) is 43.4 Å². The van der Waals surface area contributed by atoms with Gasteiger partial charge in [-0.1, -0.05) is 0 Å². The van der Waals surface area contributed by atoms with Crippen LogP contribution in [0.3, 0.4) is 0 Å². The van der Waals surface area contributed by atoms with Crippen molar-refractivity contribution in [3.63, 3.8) is 0 Å². The Labute approximate surface area is 114 Å². The van der Waals surface area contributed by atoms with Gasteiger partial charge in [0.15, 0.2) is 5.60 Å². The number of carboxylic acids is 3. The van der Waals surface area contributed by atoms with Crippen LogP contribution in [0.5, 0.6) is 0 Å². The standard InChI is InChI=1S/C6H8O7.2Ti/c7-3(8)1-6(13,5(11)12)2-4(9)10;;/h13H,1-2H2,(H,7,8)(H,9,10)(H,11,12);;. The summed E-state index contributed by atoms with van der Waals surface area (Å²) in [6.07, 6.45) is -2.29. The topological polar surface area (TPSA) is 132 Å². The van der Waals surface area contributed by atoms with Crippen molar-refractivity contribution in [2.45, 2.75) is 18.4 Å². The van der Waals surface area contributed by atoms with Crippen molar-refractivity contribution in [3.8, 4) is 0 Å². The molecule has 0 amide bonds. The van der Waals surface area contributed by atoms with E-state index in [0.717, 1.165) is 0 Å². The second-order valence-corrected chi connectivity index (χ2v) is 2.48. The molecule has 0 bridgehead atoms. The van der Waals surface area contributed by atoms with Gasteiger partial charge >= 0.3 is 17.9 Å². The minimum atomic E-state index is -2.74. The van der Waals surface area contributed by atoms with Gasteiger partial charge in [0, 0.05) is 43.4 Å². The maximum absolute atomic E-state index is 10.3. The summed E-state index contributed by atoms with van der Waals surface area (Å²) in [5.41, 5.74) is -2.74. The first-order chi connectivity index (χ1) is 5.78. The van der Waals surface area contributed by atoms with E-state index in [1.807, 2.05) is 0 Å². The molecule has 0 atom stereocenters. The Morgan fingerprint density at radius 1 is 0.867 bits per heavy atom. The second kappa shape index (κ2) is 8.01. The molecule has 0 unspecified atom stereocenters. The smallest absolute Gasteiger partial charge is 0.336 e. The summed E-state index contributed by atoms with van der Waals surface area (Å²) in [4.78, 5) is 30.5. The van der Waals surface area contributed by atoms with E-state index in [9.17, 15) is 14.4 Å². The summed E-state index contributed by atoms with van der Waals surface area (Å²) in [5.74, 6) is -5.02. The van der Waals surface area contributed by atoms with Crippen LogP contribution in [0, 0.1) is 0 Å². The van der Waals surface area contributed by atoms with Gasteiger partial charge in [-0.25, -0.2) is 4.79 Å². The third-order valence-corrected chi connectivity index (χ3v) is 1.29. The van der Waals surface area contributed by atoms with Gasteiger partial charge in [-0.3, -0.25) is 9.59 Å². The van der Waals surface area contributed by atoms with Crippen LogP contribution in [0.15, 0.2) is 0 Å². The molecule has 0 aromatic rings. The van der Waals surface area contributed by atoms with Crippen LogP contribution in [-0.2, 0) is 57.8 Å². The number of aliphatic carboxylic acids is 3. The Morgan fingerprint density at radius 2 is 1.13 bits per heavy atom. The third kappa shape index (κ3) is 7.70. The van der Waals surface area contributed by atoms with Crippen LogP contribution in [-0.4, -0.2) is 43.9 Å². The monoisotopic (exact) mass is 288 g/mol. The fourth-order valence-electron chi connectivity index (χ4n) is 0.714. The van der Waals surface area contributed by atoms with Crippen molar-refractivity contribution in [1.82, 2.24) is 0 Å². The van der Waals surface area contributed by atoms with Crippen molar-refractivity contribution >= 4 is 17.9 Å². The zero-order valence-corrected chi connectivity index (χ0v) is 10.6. The average Bonchev–Trinajstić information content (AvgIpc) is 1.82. The Balaban J connectivity index is -0.000000720. The molecule has 15 heavy (non-hydrogen) atoms. The maximum Gasteiger partial charge on any atom is 0.336 e. The SMILES string of the molecule is O=C(O)CC(O)(CC(=O)O)C(=O)O.[Ti].[Ti]. The van der Waals surface area contributed by atoms with Crippen LogP contribution < -0.4 is 0 Å². The van der Waals surface area contributed by atoms with E-state index in [1.165, 1.54) is 0 Å². The minimum Gasteiger partial charge on any atom is -0.481 e. The summed E-state index contributed by atoms with van der Waals surface area (Å²) < 4.78 is 0. The number of carbonyl (C=O) groups is 3. The fraction of sp³-hybridized carbons (Fsp3) is 0.500. The fourth-order valence-corrected chi connectivity index (χ4v) is 0.714. The van der Waals surface area contributed by atoms with Gasteiger partial charge in [-0.2, -0.15) is 0 Å². The molecule has 0 saturated heterocycles. The Kier molecular flexibility index (Phi) is 10.8. The Morgan fingerprint density at radius 3 is 1.27 bits per heavy atom. The molecule has 4 N–H and O–H groups in total. The predicted molar refractivity (Wildman–Crippen MR) is 37.1 cm³/mol. The molecule has 0 aromatic heterocycles. The van der Waals surface area contributed by atoms with Gasteiger partial charge in [-0.05, 0) is 0 Å². The van der Waals surface area contributed by atoms with E-state index in [1.54, 1.807) is 0 Å². The molecule has 0 fully saturated rings. The van der Waals surface area contributed by atoms with Gasteiger partial charge in [0.1, 0.15) is 0 Å². The number of aliphatic hydroxyl groups is 1. The number of carboxylic acid groups (broad SMARTS) is 3. The zero-order valence-electron chi connectivity index (χ0n) is 7.43. The van der Waals surface area contributed by atoms with Crippen LogP contribution in [0.2, 0.25) is 0 Å². The molecule has 7 nitrogen and oxygen atoms in total. The van der Waals surface area contributed by atoms with E-state index in [2.05, 4.69) is 0 Å². The molecule has 0 aliphatic heterocycles. The van der Waals surface area contributed by atoms with Crippen molar-refractivity contribution in [1.29, 1.82) is 0 Å². The van der Waals surface area contributed by atoms with Crippen LogP contribution in [0.1, 0.15) is 12.8 Å². The summed E-state index contributed by atoms with van der Waals surface area (Å²) in [7, 11) is 0. The Hall–Kier alpha value is -0.201. The van der Waals surface area contributed by atoms with Crippen molar-refractivity contribution < 1.29 is 78.2 Å². The maximum atomic E-state index is 10.3. The summed E-state index contributed by atoms with van der Waals surface area (Å²) >= 11 is 0. The van der Waals surface area contributed by atoms with Crippen LogP contribution in [0.4, 0.5) is 0 Å². The van der Waals surface area contributed by atoms with Gasteiger partial charge in [0.05, 0.1) is 12.8 Å². The van der Waals surface area contributed by atoms with Gasteiger partial charge < -0.3 is 20.4 Å². The molecular weight excluding hydrogens is 280 g/mol. The normalized spacial score (nSPS) is 9.40. The van der Waals surface area contributed by atoms with Gasteiger partial charge in [0.2, 0.25) is 0 Å². The van der Waals surface area contributed by atoms with E-state index < -0.39 is 36.4 Å². The molecule has 0 aliphatic rings. The number of hydrogen-bond donors (Lipinski definition) is 4. The minimum absolute atomic E-state index is 0. The number of hydrogen-bond acceptors (Lipinski definition) is 4. The van der Waals surface area contributed by atoms with Crippen molar-refractivity contribution in [2.24, 2.45) is 0 Å². The molecule has 0 radical (unpaired) electrons. The molecule has 0 saturated carbocycles. The van der Waals surface area contributed by atoms with Gasteiger partial charge in [-0.15, -0.1) is 0 Å². The average molecular weight is 288 g/mol. The first-order valence-corrected chi connectivity index (χ1v) is 3.17. The zero-order chi connectivity index (χ0) is 10.6. The van der Waals surface area contributed by atoms with E-state index in [4.69, 9.17) is 20.4 Å².